The molecule has 0 fully saturated rings. The van der Waals surface area contributed by atoms with Gasteiger partial charge in [0.1, 0.15) is 4.90 Å². The fourth-order valence-corrected chi connectivity index (χ4v) is 1.96. The Bertz CT molecular complexity index is 546. The molecule has 0 aliphatic rings. The summed E-state index contributed by atoms with van der Waals surface area (Å²) >= 11 is 0. The summed E-state index contributed by atoms with van der Waals surface area (Å²) in [6, 6.07) is 6.44. The summed E-state index contributed by atoms with van der Waals surface area (Å²) in [6.45, 7) is 0. The maximum absolute atomic E-state index is 10.9. The van der Waals surface area contributed by atoms with Gasteiger partial charge in [0, 0.05) is 11.6 Å². The number of H-pyrrole nitrogens is 1. The molecule has 0 bridgehead atoms. The van der Waals surface area contributed by atoms with Gasteiger partial charge in [0.15, 0.2) is 0 Å². The number of hydrogen-bond donors (Lipinski definition) is 2. The van der Waals surface area contributed by atoms with E-state index in [1.54, 1.807) is 24.4 Å². The van der Waals surface area contributed by atoms with Gasteiger partial charge < -0.3 is 4.98 Å². The molecule has 6 heteroatoms. The number of benzene rings is 1. The van der Waals surface area contributed by atoms with Crippen LogP contribution in [0.4, 0.5) is 0 Å². The van der Waals surface area contributed by atoms with Crippen LogP contribution in [0.3, 0.4) is 0 Å². The fraction of sp³-hybridized carbons (Fsp3) is 0. The molecule has 0 radical (unpaired) electrons. The van der Waals surface area contributed by atoms with Crippen LogP contribution in [-0.2, 0) is 10.1 Å². The van der Waals surface area contributed by atoms with Gasteiger partial charge in [-0.05, 0) is 12.1 Å². The van der Waals surface area contributed by atoms with Gasteiger partial charge in [0.25, 0.3) is 10.1 Å². The molecule has 1 aromatic carbocycles. The molecule has 70 valence electrons. The number of hydrogen-bond acceptors (Lipinski definition) is 2. The molecule has 1 aromatic heterocycles. The second kappa shape index (κ2) is 4.44. The summed E-state index contributed by atoms with van der Waals surface area (Å²) in [6.07, 6.45) is 1.62. The van der Waals surface area contributed by atoms with E-state index in [1.807, 2.05) is 0 Å². The molecule has 1 heterocycles. The van der Waals surface area contributed by atoms with E-state index in [2.05, 4.69) is 4.98 Å². The van der Waals surface area contributed by atoms with E-state index >= 15 is 0 Å². The van der Waals surface area contributed by atoms with E-state index < -0.39 is 10.1 Å². The Morgan fingerprint density at radius 3 is 2.57 bits per heavy atom. The summed E-state index contributed by atoms with van der Waals surface area (Å²) in [7, 11) is -4.13. The summed E-state index contributed by atoms with van der Waals surface area (Å²) in [5.41, 5.74) is 0.435. The molecule has 0 unspecified atom stereocenters. The first kappa shape index (κ1) is 12.4. The van der Waals surface area contributed by atoms with Crippen LogP contribution < -0.4 is 0 Å². The Morgan fingerprint density at radius 2 is 1.93 bits per heavy atom. The predicted octanol–water partition coefficient (Wildman–Crippen LogP) is 0.766. The molecule has 14 heavy (non-hydrogen) atoms. The standard InChI is InChI=1S/C8H7NO3S.K.H/c10-13(11,12)7-3-1-2-6-4-5-9-8(6)7;;/h1-5,9H,(H,10,11,12);;. The number of fused-ring (bicyclic) bond motifs is 1. The van der Waals surface area contributed by atoms with Crippen molar-refractivity contribution in [3.8, 4) is 0 Å². The molecule has 2 rings (SSSR count). The normalized spacial score (nSPS) is 11.2. The third-order valence-corrected chi connectivity index (χ3v) is 2.72. The van der Waals surface area contributed by atoms with Crippen molar-refractivity contribution in [2.75, 3.05) is 0 Å². The monoisotopic (exact) mass is 237 g/mol. The summed E-state index contributed by atoms with van der Waals surface area (Å²) in [4.78, 5) is 2.67. The van der Waals surface area contributed by atoms with Crippen molar-refractivity contribution < 1.29 is 13.0 Å². The summed E-state index contributed by atoms with van der Waals surface area (Å²) in [5, 5.41) is 0.759. The topological polar surface area (TPSA) is 70.2 Å². The Hall–Kier alpha value is 0.306. The molecule has 0 aliphatic carbocycles. The van der Waals surface area contributed by atoms with E-state index in [-0.39, 0.29) is 56.3 Å². The van der Waals surface area contributed by atoms with E-state index in [0.29, 0.717) is 5.52 Å². The predicted molar refractivity (Wildman–Crippen MR) is 55.3 cm³/mol. The Labute approximate surface area is 124 Å². The van der Waals surface area contributed by atoms with Gasteiger partial charge in [-0.2, -0.15) is 8.42 Å². The van der Waals surface area contributed by atoms with Crippen LogP contribution in [0.1, 0.15) is 0 Å². The summed E-state index contributed by atoms with van der Waals surface area (Å²) in [5.74, 6) is 0. The van der Waals surface area contributed by atoms with Crippen LogP contribution in [0, 0.1) is 0 Å². The Morgan fingerprint density at radius 1 is 1.21 bits per heavy atom. The van der Waals surface area contributed by atoms with Crippen LogP contribution in [0.15, 0.2) is 35.4 Å². The van der Waals surface area contributed by atoms with Gasteiger partial charge in [-0.25, -0.2) is 0 Å². The molecule has 0 saturated carbocycles. The first-order valence-corrected chi connectivity index (χ1v) is 5.06. The molecule has 2 N–H and O–H groups in total. The fourth-order valence-electron chi connectivity index (χ4n) is 1.27. The van der Waals surface area contributed by atoms with Crippen molar-refractivity contribution in [1.82, 2.24) is 4.98 Å². The second-order valence-corrected chi connectivity index (χ2v) is 4.06. The van der Waals surface area contributed by atoms with Crippen LogP contribution in [0.25, 0.3) is 10.9 Å². The molecular formula is C8H8KNO3S. The first-order chi connectivity index (χ1) is 6.09. The van der Waals surface area contributed by atoms with Crippen molar-refractivity contribution in [3.63, 3.8) is 0 Å². The quantitative estimate of drug-likeness (QED) is 0.568. The molecule has 0 saturated heterocycles. The number of aromatic nitrogens is 1. The van der Waals surface area contributed by atoms with Crippen LogP contribution in [0.5, 0.6) is 0 Å². The number of rotatable bonds is 1. The van der Waals surface area contributed by atoms with Gasteiger partial charge in [0.2, 0.25) is 0 Å². The summed E-state index contributed by atoms with van der Waals surface area (Å²) < 4.78 is 30.6. The zero-order valence-corrected chi connectivity index (χ0v) is 7.38. The van der Waals surface area contributed by atoms with Gasteiger partial charge in [-0.1, -0.05) is 12.1 Å². The minimum absolute atomic E-state index is 0. The van der Waals surface area contributed by atoms with Gasteiger partial charge in [-0.3, -0.25) is 4.55 Å². The average Bonchev–Trinajstić information content (AvgIpc) is 2.48. The number of para-hydroxylation sites is 1. The molecule has 4 nitrogen and oxygen atoms in total. The third kappa shape index (κ3) is 2.27. The van der Waals surface area contributed by atoms with E-state index in [9.17, 15) is 8.42 Å². The van der Waals surface area contributed by atoms with Crippen molar-refractivity contribution in [3.05, 3.63) is 30.5 Å². The van der Waals surface area contributed by atoms with Crippen LogP contribution >= 0.6 is 0 Å². The van der Waals surface area contributed by atoms with Crippen LogP contribution in [0.2, 0.25) is 0 Å². The molecule has 0 amide bonds. The zero-order chi connectivity index (χ0) is 9.47. The maximum atomic E-state index is 10.9. The molecule has 0 aliphatic heterocycles. The van der Waals surface area contributed by atoms with Gasteiger partial charge in [-0.15, -0.1) is 0 Å². The zero-order valence-electron chi connectivity index (χ0n) is 6.56. The van der Waals surface area contributed by atoms with Crippen molar-refractivity contribution in [2.24, 2.45) is 0 Å². The third-order valence-electron chi connectivity index (χ3n) is 1.83. The SMILES string of the molecule is O=S(=O)(O)c1cccc2cc[nH]c12.[KH]. The minimum atomic E-state index is -4.13. The van der Waals surface area contributed by atoms with Crippen LogP contribution in [-0.4, -0.2) is 69.3 Å². The van der Waals surface area contributed by atoms with Gasteiger partial charge in [0.05, 0.1) is 5.52 Å². The number of aromatic amines is 1. The first-order valence-electron chi connectivity index (χ1n) is 3.62. The van der Waals surface area contributed by atoms with E-state index in [1.165, 1.54) is 6.07 Å². The van der Waals surface area contributed by atoms with Crippen molar-refractivity contribution >= 4 is 72.4 Å². The molecule has 2 aromatic rings. The second-order valence-electron chi connectivity index (χ2n) is 2.67. The van der Waals surface area contributed by atoms with Gasteiger partial charge >= 0.3 is 51.4 Å². The molecular weight excluding hydrogens is 229 g/mol. The average molecular weight is 237 g/mol. The number of nitrogens with one attached hydrogen (secondary N) is 1. The molecule has 0 atom stereocenters. The Balaban J connectivity index is 0.000000980. The van der Waals surface area contributed by atoms with Crippen molar-refractivity contribution in [2.45, 2.75) is 4.90 Å². The van der Waals surface area contributed by atoms with E-state index in [4.69, 9.17) is 4.55 Å². The Kier molecular flexibility index (Phi) is 3.92. The van der Waals surface area contributed by atoms with E-state index in [0.717, 1.165) is 5.39 Å². The van der Waals surface area contributed by atoms with Crippen molar-refractivity contribution in [1.29, 1.82) is 0 Å². The molecule has 0 spiro atoms.